The van der Waals surface area contributed by atoms with Crippen LogP contribution < -0.4 is 0 Å². The van der Waals surface area contributed by atoms with E-state index in [0.29, 0.717) is 30.0 Å². The number of aliphatic hydroxyl groups is 1. The molecule has 6 atom stereocenters. The molecule has 124 valence electrons. The van der Waals surface area contributed by atoms with Gasteiger partial charge in [-0.2, -0.15) is 0 Å². The van der Waals surface area contributed by atoms with E-state index in [2.05, 4.69) is 19.8 Å². The molecule has 0 saturated heterocycles. The van der Waals surface area contributed by atoms with Crippen LogP contribution in [-0.4, -0.2) is 16.5 Å². The van der Waals surface area contributed by atoms with Crippen LogP contribution in [0, 0.1) is 40.9 Å². The van der Waals surface area contributed by atoms with Crippen molar-refractivity contribution in [1.29, 1.82) is 0 Å². The van der Waals surface area contributed by atoms with E-state index in [1.807, 2.05) is 6.08 Å². The van der Waals surface area contributed by atoms with Crippen molar-refractivity contribution in [3.8, 4) is 12.3 Å². The predicted octanol–water partition coefficient (Wildman–Crippen LogP) is 3.88. The number of terminal acetylenes is 1. The quantitative estimate of drug-likeness (QED) is 0.689. The lowest BCUT2D eigenvalue weighted by molar-refractivity contribution is -0.119. The Kier molecular flexibility index (Phi) is 3.18. The average Bonchev–Trinajstić information content (AvgIpc) is 2.80. The van der Waals surface area contributed by atoms with Gasteiger partial charge >= 0.3 is 0 Å². The van der Waals surface area contributed by atoms with Gasteiger partial charge in [0.25, 0.3) is 0 Å². The summed E-state index contributed by atoms with van der Waals surface area (Å²) in [5.41, 5.74) is 0.575. The molecular formula is C21H28O2. The molecule has 1 N–H and O–H groups in total. The van der Waals surface area contributed by atoms with Gasteiger partial charge in [-0.1, -0.05) is 25.3 Å². The second kappa shape index (κ2) is 4.73. The zero-order chi connectivity index (χ0) is 16.5. The summed E-state index contributed by atoms with van der Waals surface area (Å²) in [6.45, 7) is 4.63. The van der Waals surface area contributed by atoms with Crippen molar-refractivity contribution in [1.82, 2.24) is 0 Å². The van der Waals surface area contributed by atoms with Gasteiger partial charge in [-0.15, -0.1) is 6.42 Å². The number of rotatable bonds is 0. The van der Waals surface area contributed by atoms with Crippen molar-refractivity contribution in [2.75, 3.05) is 0 Å². The summed E-state index contributed by atoms with van der Waals surface area (Å²) in [5, 5.41) is 11.0. The van der Waals surface area contributed by atoms with E-state index in [1.54, 1.807) is 0 Å². The summed E-state index contributed by atoms with van der Waals surface area (Å²) in [4.78, 5) is 11.8. The van der Waals surface area contributed by atoms with Gasteiger partial charge in [-0.3, -0.25) is 4.79 Å². The molecule has 3 saturated carbocycles. The van der Waals surface area contributed by atoms with Crippen molar-refractivity contribution >= 4 is 5.78 Å². The zero-order valence-corrected chi connectivity index (χ0v) is 14.4. The van der Waals surface area contributed by atoms with Crippen LogP contribution in [0.5, 0.6) is 0 Å². The monoisotopic (exact) mass is 312 g/mol. The first-order valence-electron chi connectivity index (χ1n) is 9.28. The highest BCUT2D eigenvalue weighted by Gasteiger charge is 2.63. The molecule has 0 unspecified atom stereocenters. The average molecular weight is 312 g/mol. The van der Waals surface area contributed by atoms with E-state index >= 15 is 0 Å². The normalized spacial score (nSPS) is 52.0. The standard InChI is InChI=1S/C21H28O2/c1-4-21(23)12-9-18-16-6-5-14-13-15(22)7-10-19(14,2)17(16)8-11-20(18,21)3/h1,13,16-18,23H,5-12H2,2-3H3/t16-,17+,18+,19-,20+,21+/m1/s1. The molecule has 0 bridgehead atoms. The molecule has 0 aliphatic heterocycles. The largest absolute Gasteiger partial charge is 0.377 e. The Morgan fingerprint density at radius 1 is 1.13 bits per heavy atom. The molecule has 0 amide bonds. The number of fused-ring (bicyclic) bond motifs is 5. The summed E-state index contributed by atoms with van der Waals surface area (Å²) in [6, 6.07) is 0. The molecule has 0 aromatic heterocycles. The molecule has 0 heterocycles. The first-order valence-corrected chi connectivity index (χ1v) is 9.28. The van der Waals surface area contributed by atoms with E-state index in [0.717, 1.165) is 38.5 Å². The lowest BCUT2D eigenvalue weighted by Crippen LogP contribution is -2.54. The highest BCUT2D eigenvalue weighted by Crippen LogP contribution is 2.67. The van der Waals surface area contributed by atoms with Crippen LogP contribution in [0.2, 0.25) is 0 Å². The summed E-state index contributed by atoms with van der Waals surface area (Å²) in [7, 11) is 0. The fourth-order valence-electron chi connectivity index (χ4n) is 6.81. The lowest BCUT2D eigenvalue weighted by Gasteiger charge is -2.58. The molecule has 3 fully saturated rings. The molecule has 0 aromatic rings. The first-order chi connectivity index (χ1) is 10.8. The molecule has 23 heavy (non-hydrogen) atoms. The van der Waals surface area contributed by atoms with Gasteiger partial charge in [0, 0.05) is 11.8 Å². The maximum Gasteiger partial charge on any atom is 0.155 e. The van der Waals surface area contributed by atoms with Crippen molar-refractivity contribution in [2.24, 2.45) is 28.6 Å². The van der Waals surface area contributed by atoms with E-state index in [4.69, 9.17) is 6.42 Å². The second-order valence-corrected chi connectivity index (χ2v) is 8.97. The molecule has 4 aliphatic rings. The van der Waals surface area contributed by atoms with Crippen LogP contribution in [0.4, 0.5) is 0 Å². The molecule has 0 aromatic carbocycles. The molecule has 2 nitrogen and oxygen atoms in total. The molecular weight excluding hydrogens is 284 g/mol. The van der Waals surface area contributed by atoms with Crippen LogP contribution in [0.1, 0.15) is 65.2 Å². The van der Waals surface area contributed by atoms with Crippen LogP contribution in [-0.2, 0) is 4.79 Å². The third-order valence-electron chi connectivity index (χ3n) is 8.35. The topological polar surface area (TPSA) is 37.3 Å². The maximum atomic E-state index is 11.8. The van der Waals surface area contributed by atoms with Crippen LogP contribution in [0.15, 0.2) is 11.6 Å². The van der Waals surface area contributed by atoms with E-state index in [1.165, 1.54) is 12.0 Å². The second-order valence-electron chi connectivity index (χ2n) is 8.97. The van der Waals surface area contributed by atoms with Gasteiger partial charge < -0.3 is 5.11 Å². The van der Waals surface area contributed by atoms with E-state index < -0.39 is 5.60 Å². The zero-order valence-electron chi connectivity index (χ0n) is 14.4. The Balaban J connectivity index is 1.70. The van der Waals surface area contributed by atoms with Crippen LogP contribution in [0.25, 0.3) is 0 Å². The van der Waals surface area contributed by atoms with Crippen LogP contribution >= 0.6 is 0 Å². The molecule has 0 radical (unpaired) electrons. The number of carbonyl (C=O) groups excluding carboxylic acids is 1. The lowest BCUT2D eigenvalue weighted by atomic mass is 9.46. The minimum absolute atomic E-state index is 0.120. The van der Waals surface area contributed by atoms with Gasteiger partial charge in [-0.05, 0) is 74.2 Å². The van der Waals surface area contributed by atoms with Gasteiger partial charge in [0.1, 0.15) is 5.60 Å². The maximum absolute atomic E-state index is 11.8. The van der Waals surface area contributed by atoms with Crippen LogP contribution in [0.3, 0.4) is 0 Å². The summed E-state index contributed by atoms with van der Waals surface area (Å²) in [6.07, 6.45) is 15.6. The third-order valence-corrected chi connectivity index (χ3v) is 8.35. The number of ketones is 1. The Labute approximate surface area is 139 Å². The fourth-order valence-corrected chi connectivity index (χ4v) is 6.81. The molecule has 4 rings (SSSR count). The molecule has 0 spiro atoms. The first kappa shape index (κ1) is 15.5. The smallest absolute Gasteiger partial charge is 0.155 e. The summed E-state index contributed by atoms with van der Waals surface area (Å²) in [5.74, 6) is 4.93. The Bertz CT molecular complexity index is 626. The van der Waals surface area contributed by atoms with Crippen molar-refractivity contribution in [3.05, 3.63) is 11.6 Å². The Morgan fingerprint density at radius 2 is 1.87 bits per heavy atom. The third kappa shape index (κ3) is 1.84. The number of hydrogen-bond acceptors (Lipinski definition) is 2. The van der Waals surface area contributed by atoms with Crippen molar-refractivity contribution < 1.29 is 9.90 Å². The summed E-state index contributed by atoms with van der Waals surface area (Å²) >= 11 is 0. The van der Waals surface area contributed by atoms with Gasteiger partial charge in [0.05, 0.1) is 0 Å². The van der Waals surface area contributed by atoms with Gasteiger partial charge in [-0.25, -0.2) is 0 Å². The Morgan fingerprint density at radius 3 is 2.61 bits per heavy atom. The van der Waals surface area contributed by atoms with Crippen molar-refractivity contribution in [2.45, 2.75) is 70.8 Å². The van der Waals surface area contributed by atoms with Gasteiger partial charge in [0.2, 0.25) is 0 Å². The predicted molar refractivity (Wildman–Crippen MR) is 90.5 cm³/mol. The van der Waals surface area contributed by atoms with E-state index in [9.17, 15) is 9.90 Å². The summed E-state index contributed by atoms with van der Waals surface area (Å²) < 4.78 is 0. The molecule has 2 heteroatoms. The fraction of sp³-hybridized carbons (Fsp3) is 0.762. The Hall–Kier alpha value is -1.07. The minimum atomic E-state index is -0.914. The van der Waals surface area contributed by atoms with E-state index in [-0.39, 0.29) is 10.8 Å². The number of allylic oxidation sites excluding steroid dienone is 1. The highest BCUT2D eigenvalue weighted by atomic mass is 16.3. The minimum Gasteiger partial charge on any atom is -0.377 e. The van der Waals surface area contributed by atoms with Crippen molar-refractivity contribution in [3.63, 3.8) is 0 Å². The number of hydrogen-bond donors (Lipinski definition) is 1. The van der Waals surface area contributed by atoms with Gasteiger partial charge in [0.15, 0.2) is 5.78 Å². The SMILES string of the molecule is C#C[C@]1(O)CC[C@H]2[C@@H]3CCC4=CC(=O)CC[C@@]4(C)[C@H]3CC[C@@]21C. The number of carbonyl (C=O) groups is 1. The molecule has 4 aliphatic carbocycles. The highest BCUT2D eigenvalue weighted by molar-refractivity contribution is 5.91.